The largest absolute Gasteiger partial charge is 0.293 e. The summed E-state index contributed by atoms with van der Waals surface area (Å²) in [4.78, 5) is 4.30. The Labute approximate surface area is 81.3 Å². The summed E-state index contributed by atoms with van der Waals surface area (Å²) in [6.07, 6.45) is 4.20. The van der Waals surface area contributed by atoms with Crippen LogP contribution in [-0.4, -0.2) is 14.1 Å². The molecule has 0 aliphatic heterocycles. The summed E-state index contributed by atoms with van der Waals surface area (Å²) in [7, 11) is 5.56. The van der Waals surface area contributed by atoms with Gasteiger partial charge in [0.05, 0.1) is 6.54 Å². The molecule has 13 heavy (non-hydrogen) atoms. The first-order valence-electron chi connectivity index (χ1n) is 4.65. The average Bonchev–Trinajstić information content (AvgIpc) is 2.15. The van der Waals surface area contributed by atoms with E-state index in [2.05, 4.69) is 11.9 Å². The van der Waals surface area contributed by atoms with Crippen LogP contribution in [0.15, 0.2) is 29.3 Å². The number of aliphatic imine (C=N–C) groups is 1. The minimum atomic E-state index is 0.764. The van der Waals surface area contributed by atoms with Crippen LogP contribution in [0.1, 0.15) is 25.3 Å². The maximum atomic E-state index is 5.56. The molecule has 0 saturated carbocycles. The number of benzene rings is 1. The van der Waals surface area contributed by atoms with Crippen LogP contribution in [0, 0.1) is 0 Å². The van der Waals surface area contributed by atoms with Gasteiger partial charge in [0.15, 0.2) is 0 Å². The van der Waals surface area contributed by atoms with Gasteiger partial charge in [-0.15, -0.1) is 0 Å². The number of unbranched alkanes of at least 4 members (excludes halogenated alkanes) is 1. The minimum Gasteiger partial charge on any atom is -0.293 e. The second kappa shape index (κ2) is 5.57. The van der Waals surface area contributed by atoms with Crippen molar-refractivity contribution in [2.75, 3.05) is 0 Å². The monoisotopic (exact) mass is 171 g/mol. The van der Waals surface area contributed by atoms with Crippen molar-refractivity contribution in [3.63, 3.8) is 0 Å². The summed E-state index contributed by atoms with van der Waals surface area (Å²) >= 11 is 0. The molecule has 0 aliphatic carbocycles. The van der Waals surface area contributed by atoms with E-state index in [0.29, 0.717) is 0 Å². The number of hydrogen-bond acceptors (Lipinski definition) is 1. The van der Waals surface area contributed by atoms with Gasteiger partial charge < -0.3 is 0 Å². The van der Waals surface area contributed by atoms with E-state index in [1.807, 2.05) is 30.5 Å². The molecule has 1 nitrogen and oxygen atoms in total. The summed E-state index contributed by atoms with van der Waals surface area (Å²) in [6.45, 7) is 2.91. The molecule has 0 unspecified atom stereocenters. The molecule has 0 N–H and O–H groups in total. The highest BCUT2D eigenvalue weighted by Gasteiger charge is 1.88. The van der Waals surface area contributed by atoms with E-state index in [1.54, 1.807) is 0 Å². The Morgan fingerprint density at radius 3 is 2.62 bits per heavy atom. The molecule has 1 aromatic carbocycles. The van der Waals surface area contributed by atoms with Crippen LogP contribution < -0.4 is 5.46 Å². The van der Waals surface area contributed by atoms with Gasteiger partial charge in [-0.2, -0.15) is 0 Å². The summed E-state index contributed by atoms with van der Waals surface area (Å²) in [5, 5.41) is 0. The highest BCUT2D eigenvalue weighted by Crippen LogP contribution is 1.98. The lowest BCUT2D eigenvalue weighted by atomic mass is 9.95. The molecular formula is C11H14BN. The van der Waals surface area contributed by atoms with E-state index >= 15 is 0 Å². The predicted octanol–water partition coefficient (Wildman–Crippen LogP) is 1.85. The summed E-state index contributed by atoms with van der Waals surface area (Å²) in [5.41, 5.74) is 2.02. The van der Waals surface area contributed by atoms with Gasteiger partial charge >= 0.3 is 0 Å². The minimum absolute atomic E-state index is 0.764. The molecule has 0 atom stereocenters. The highest BCUT2D eigenvalue weighted by molar-refractivity contribution is 6.32. The van der Waals surface area contributed by atoms with Gasteiger partial charge in [-0.1, -0.05) is 43.1 Å². The SMILES string of the molecule is [B]c1ccc(CN=CCCC)cc1. The van der Waals surface area contributed by atoms with Crippen molar-refractivity contribution in [2.24, 2.45) is 4.99 Å². The van der Waals surface area contributed by atoms with Crippen LogP contribution >= 0.6 is 0 Å². The molecule has 0 spiro atoms. The lowest BCUT2D eigenvalue weighted by Crippen LogP contribution is -2.00. The zero-order valence-electron chi connectivity index (χ0n) is 8.03. The topological polar surface area (TPSA) is 12.4 Å². The van der Waals surface area contributed by atoms with Crippen molar-refractivity contribution in [3.05, 3.63) is 29.8 Å². The van der Waals surface area contributed by atoms with E-state index in [-0.39, 0.29) is 0 Å². The summed E-state index contributed by atoms with van der Waals surface area (Å²) in [5.74, 6) is 0. The Hall–Kier alpha value is -1.05. The Balaban J connectivity index is 2.41. The quantitative estimate of drug-likeness (QED) is 0.484. The molecule has 0 amide bonds. The molecule has 0 aromatic heterocycles. The lowest BCUT2D eigenvalue weighted by Gasteiger charge is -1.96. The normalized spacial score (nSPS) is 10.8. The zero-order chi connectivity index (χ0) is 9.52. The van der Waals surface area contributed by atoms with E-state index in [0.717, 1.165) is 24.8 Å². The first-order valence-corrected chi connectivity index (χ1v) is 4.65. The molecule has 1 rings (SSSR count). The Bertz CT molecular complexity index is 264. The van der Waals surface area contributed by atoms with Gasteiger partial charge in [-0.3, -0.25) is 4.99 Å². The Kier molecular flexibility index (Phi) is 4.30. The van der Waals surface area contributed by atoms with Crippen molar-refractivity contribution in [1.29, 1.82) is 0 Å². The molecule has 66 valence electrons. The van der Waals surface area contributed by atoms with Crippen LogP contribution in [-0.2, 0) is 6.54 Å². The van der Waals surface area contributed by atoms with Crippen molar-refractivity contribution >= 4 is 19.5 Å². The average molecular weight is 171 g/mol. The molecule has 2 heteroatoms. The fraction of sp³-hybridized carbons (Fsp3) is 0.364. The highest BCUT2D eigenvalue weighted by atomic mass is 14.7. The van der Waals surface area contributed by atoms with Gasteiger partial charge in [-0.25, -0.2) is 0 Å². The van der Waals surface area contributed by atoms with Gasteiger partial charge in [-0.05, 0) is 18.2 Å². The van der Waals surface area contributed by atoms with E-state index < -0.39 is 0 Å². The third-order valence-corrected chi connectivity index (χ3v) is 1.80. The number of nitrogens with zero attached hydrogens (tertiary/aromatic N) is 1. The van der Waals surface area contributed by atoms with Gasteiger partial charge in [0.2, 0.25) is 0 Å². The summed E-state index contributed by atoms with van der Waals surface area (Å²) in [6, 6.07) is 7.84. The molecular weight excluding hydrogens is 157 g/mol. The molecule has 0 aliphatic rings. The lowest BCUT2D eigenvalue weighted by molar-refractivity contribution is 0.985. The number of rotatable bonds is 4. The maximum absolute atomic E-state index is 5.56. The fourth-order valence-electron chi connectivity index (χ4n) is 1.01. The predicted molar refractivity (Wildman–Crippen MR) is 58.9 cm³/mol. The van der Waals surface area contributed by atoms with Crippen LogP contribution in [0.4, 0.5) is 0 Å². The third kappa shape index (κ3) is 3.93. The first kappa shape index (κ1) is 10.0. The van der Waals surface area contributed by atoms with E-state index in [1.165, 1.54) is 5.56 Å². The molecule has 0 fully saturated rings. The molecule has 2 radical (unpaired) electrons. The second-order valence-corrected chi connectivity index (χ2v) is 3.05. The van der Waals surface area contributed by atoms with Crippen molar-refractivity contribution in [3.8, 4) is 0 Å². The van der Waals surface area contributed by atoms with Crippen molar-refractivity contribution < 1.29 is 0 Å². The molecule has 0 bridgehead atoms. The first-order chi connectivity index (χ1) is 6.33. The molecule has 0 heterocycles. The zero-order valence-corrected chi connectivity index (χ0v) is 8.03. The van der Waals surface area contributed by atoms with E-state index in [9.17, 15) is 0 Å². The van der Waals surface area contributed by atoms with E-state index in [4.69, 9.17) is 7.85 Å². The molecule has 0 saturated heterocycles. The van der Waals surface area contributed by atoms with Crippen LogP contribution in [0.5, 0.6) is 0 Å². The Morgan fingerprint density at radius 2 is 2.00 bits per heavy atom. The smallest absolute Gasteiger partial charge is 0.113 e. The Morgan fingerprint density at radius 1 is 1.31 bits per heavy atom. The molecule has 1 aromatic rings. The van der Waals surface area contributed by atoms with Crippen molar-refractivity contribution in [1.82, 2.24) is 0 Å². The second-order valence-electron chi connectivity index (χ2n) is 3.05. The van der Waals surface area contributed by atoms with Gasteiger partial charge in [0, 0.05) is 0 Å². The fourth-order valence-corrected chi connectivity index (χ4v) is 1.01. The third-order valence-electron chi connectivity index (χ3n) is 1.80. The van der Waals surface area contributed by atoms with Crippen LogP contribution in [0.25, 0.3) is 0 Å². The van der Waals surface area contributed by atoms with Gasteiger partial charge in [0.25, 0.3) is 0 Å². The van der Waals surface area contributed by atoms with Gasteiger partial charge in [0.1, 0.15) is 7.85 Å². The maximum Gasteiger partial charge on any atom is 0.113 e. The standard InChI is InChI=1S/C11H14BN/c1-2-3-8-13-9-10-4-6-11(12)7-5-10/h4-8H,2-3,9H2,1H3. The number of hydrogen-bond donors (Lipinski definition) is 0. The summed E-state index contributed by atoms with van der Waals surface area (Å²) < 4.78 is 0. The van der Waals surface area contributed by atoms with Crippen LogP contribution in [0.2, 0.25) is 0 Å². The van der Waals surface area contributed by atoms with Crippen LogP contribution in [0.3, 0.4) is 0 Å². The van der Waals surface area contributed by atoms with Crippen molar-refractivity contribution in [2.45, 2.75) is 26.3 Å².